The Kier molecular flexibility index (Phi) is 6.33. The number of fused-ring (bicyclic) bond motifs is 9. The summed E-state index contributed by atoms with van der Waals surface area (Å²) in [6, 6.07) is 67.3. The fraction of sp³-hybridized carbons (Fsp3) is 0.0588. The molecule has 0 spiro atoms. The van der Waals surface area contributed by atoms with Gasteiger partial charge in [-0.05, 0) is 98.2 Å². The molecule has 0 bridgehead atoms. The van der Waals surface area contributed by atoms with Gasteiger partial charge in [-0.15, -0.1) is 0 Å². The van der Waals surface area contributed by atoms with Gasteiger partial charge in [-0.25, -0.2) is 0 Å². The van der Waals surface area contributed by atoms with Crippen molar-refractivity contribution < 1.29 is 0 Å². The molecule has 0 unspecified atom stereocenters. The van der Waals surface area contributed by atoms with Crippen LogP contribution in [0.5, 0.6) is 0 Å². The number of benzene rings is 9. The number of hydrogen-bond donors (Lipinski definition) is 0. The van der Waals surface area contributed by atoms with E-state index in [-0.39, 0.29) is 5.41 Å². The van der Waals surface area contributed by atoms with Crippen LogP contribution in [-0.4, -0.2) is 4.57 Å². The van der Waals surface area contributed by atoms with Crippen molar-refractivity contribution in [3.63, 3.8) is 0 Å². The minimum Gasteiger partial charge on any atom is -0.309 e. The van der Waals surface area contributed by atoms with Crippen molar-refractivity contribution in [2.45, 2.75) is 19.3 Å². The Morgan fingerprint density at radius 3 is 1.89 bits per heavy atom. The van der Waals surface area contributed by atoms with Gasteiger partial charge >= 0.3 is 0 Å². The van der Waals surface area contributed by atoms with Crippen LogP contribution in [0.3, 0.4) is 0 Å². The molecule has 1 aromatic heterocycles. The first-order valence-corrected chi connectivity index (χ1v) is 18.5. The summed E-state index contributed by atoms with van der Waals surface area (Å²) in [7, 11) is 0. The second-order valence-corrected chi connectivity index (χ2v) is 15.0. The van der Waals surface area contributed by atoms with Crippen LogP contribution in [0.25, 0.3) is 70.9 Å². The predicted octanol–water partition coefficient (Wildman–Crippen LogP) is 14.0. The third kappa shape index (κ3) is 4.39. The second-order valence-electron chi connectivity index (χ2n) is 15.0. The van der Waals surface area contributed by atoms with Gasteiger partial charge in [0.05, 0.1) is 16.7 Å². The maximum atomic E-state index is 2.53. The lowest BCUT2D eigenvalue weighted by atomic mass is 9.81. The number of hydrogen-bond acceptors (Lipinski definition) is 1. The summed E-state index contributed by atoms with van der Waals surface area (Å²) in [4.78, 5) is 2.53. The molecule has 0 saturated carbocycles. The largest absolute Gasteiger partial charge is 0.309 e. The van der Waals surface area contributed by atoms with Gasteiger partial charge < -0.3 is 9.47 Å². The Balaban J connectivity index is 1.24. The van der Waals surface area contributed by atoms with Crippen molar-refractivity contribution in [3.05, 3.63) is 193 Å². The molecule has 0 amide bonds. The number of nitrogens with zero attached hydrogens (tertiary/aromatic N) is 2. The van der Waals surface area contributed by atoms with Crippen molar-refractivity contribution in [1.29, 1.82) is 0 Å². The molecule has 11 rings (SSSR count). The van der Waals surface area contributed by atoms with Gasteiger partial charge in [-0.1, -0.05) is 141 Å². The molecule has 0 aliphatic heterocycles. The van der Waals surface area contributed by atoms with Crippen LogP contribution in [0, 0.1) is 0 Å². The molecule has 0 radical (unpaired) electrons. The fourth-order valence-corrected chi connectivity index (χ4v) is 9.15. The van der Waals surface area contributed by atoms with Crippen molar-refractivity contribution in [1.82, 2.24) is 4.57 Å². The van der Waals surface area contributed by atoms with Crippen LogP contribution in [0.15, 0.2) is 182 Å². The molecule has 53 heavy (non-hydrogen) atoms. The molecule has 0 fully saturated rings. The second kappa shape index (κ2) is 11.2. The monoisotopic (exact) mass is 676 g/mol. The SMILES string of the molecule is CC1(C)c2ccccc2-c2c1cc1ccccc1c2N(c1cccc(-n2c3ccccc3c3cc4ccccc4cc32)c1)c1ccc2ccccc2c1. The van der Waals surface area contributed by atoms with E-state index in [4.69, 9.17) is 0 Å². The fourth-order valence-electron chi connectivity index (χ4n) is 9.15. The molecular formula is C51H36N2. The number of para-hydroxylation sites is 1. The molecule has 0 N–H and O–H groups in total. The highest BCUT2D eigenvalue weighted by molar-refractivity contribution is 6.14. The molecule has 1 heterocycles. The Morgan fingerprint density at radius 1 is 0.415 bits per heavy atom. The average molecular weight is 677 g/mol. The molecule has 1 aliphatic rings. The van der Waals surface area contributed by atoms with Crippen LogP contribution in [-0.2, 0) is 5.41 Å². The molecular weight excluding hydrogens is 641 g/mol. The molecule has 1 aliphatic carbocycles. The highest BCUT2D eigenvalue weighted by Crippen LogP contribution is 2.56. The van der Waals surface area contributed by atoms with Crippen LogP contribution < -0.4 is 4.90 Å². The Bertz CT molecular complexity index is 3110. The summed E-state index contributed by atoms with van der Waals surface area (Å²) in [5, 5.41) is 9.96. The minimum atomic E-state index is -0.145. The highest BCUT2D eigenvalue weighted by Gasteiger charge is 2.39. The van der Waals surface area contributed by atoms with E-state index in [1.165, 1.54) is 82.1 Å². The predicted molar refractivity (Wildman–Crippen MR) is 226 cm³/mol. The summed E-state index contributed by atoms with van der Waals surface area (Å²) in [5.74, 6) is 0. The lowest BCUT2D eigenvalue weighted by Gasteiger charge is -2.31. The standard InChI is InChI=1S/C51H36N2/c1-51(2)45-24-11-9-23-43(45)49-46(51)30-37-18-7-8-21-41(37)50(49)52(40-27-26-33-14-3-4-15-34(33)28-40)38-19-13-20-39(32-38)53-47-25-12-10-22-42(47)44-29-35-16-5-6-17-36(35)31-48(44)53/h3-32H,1-2H3. The van der Waals surface area contributed by atoms with Crippen molar-refractivity contribution in [3.8, 4) is 16.8 Å². The topological polar surface area (TPSA) is 8.17 Å². The summed E-state index contributed by atoms with van der Waals surface area (Å²) < 4.78 is 2.45. The molecule has 2 nitrogen and oxygen atoms in total. The molecule has 10 aromatic rings. The van der Waals surface area contributed by atoms with E-state index < -0.39 is 0 Å². The zero-order chi connectivity index (χ0) is 35.3. The first-order valence-electron chi connectivity index (χ1n) is 18.5. The average Bonchev–Trinajstić information content (AvgIpc) is 3.64. The number of rotatable bonds is 4. The molecule has 9 aromatic carbocycles. The van der Waals surface area contributed by atoms with Gasteiger partial charge in [-0.3, -0.25) is 0 Å². The Hall–Kier alpha value is -6.64. The van der Waals surface area contributed by atoms with Crippen molar-refractivity contribution in [2.24, 2.45) is 0 Å². The van der Waals surface area contributed by atoms with E-state index >= 15 is 0 Å². The number of aromatic nitrogens is 1. The molecule has 0 atom stereocenters. The van der Waals surface area contributed by atoms with Crippen LogP contribution in [0.1, 0.15) is 25.0 Å². The van der Waals surface area contributed by atoms with Crippen molar-refractivity contribution in [2.75, 3.05) is 4.90 Å². The molecule has 2 heteroatoms. The zero-order valence-electron chi connectivity index (χ0n) is 29.7. The van der Waals surface area contributed by atoms with E-state index in [0.717, 1.165) is 17.1 Å². The van der Waals surface area contributed by atoms with E-state index in [1.54, 1.807) is 0 Å². The van der Waals surface area contributed by atoms with Crippen molar-refractivity contribution >= 4 is 71.2 Å². The Labute approximate surface area is 308 Å². The van der Waals surface area contributed by atoms with E-state index in [1.807, 2.05) is 0 Å². The molecule has 250 valence electrons. The number of anilines is 3. The maximum absolute atomic E-state index is 2.53. The first-order chi connectivity index (χ1) is 26.0. The lowest BCUT2D eigenvalue weighted by Crippen LogP contribution is -2.16. The minimum absolute atomic E-state index is 0.145. The highest BCUT2D eigenvalue weighted by atomic mass is 15.2. The zero-order valence-corrected chi connectivity index (χ0v) is 29.7. The third-order valence-electron chi connectivity index (χ3n) is 11.7. The summed E-state index contributed by atoms with van der Waals surface area (Å²) in [6.07, 6.45) is 0. The van der Waals surface area contributed by atoms with E-state index in [2.05, 4.69) is 205 Å². The Morgan fingerprint density at radius 2 is 1.06 bits per heavy atom. The van der Waals surface area contributed by atoms with Gasteiger partial charge in [-0.2, -0.15) is 0 Å². The van der Waals surface area contributed by atoms with Gasteiger partial charge in [0.1, 0.15) is 0 Å². The maximum Gasteiger partial charge on any atom is 0.0621 e. The summed E-state index contributed by atoms with van der Waals surface area (Å²) in [6.45, 7) is 4.76. The quantitative estimate of drug-likeness (QED) is 0.180. The van der Waals surface area contributed by atoms with E-state index in [9.17, 15) is 0 Å². The summed E-state index contributed by atoms with van der Waals surface area (Å²) >= 11 is 0. The van der Waals surface area contributed by atoms with Gasteiger partial charge in [0.25, 0.3) is 0 Å². The van der Waals surface area contributed by atoms with Crippen LogP contribution in [0.2, 0.25) is 0 Å². The summed E-state index contributed by atoms with van der Waals surface area (Å²) in [5.41, 5.74) is 12.2. The third-order valence-corrected chi connectivity index (χ3v) is 11.7. The lowest BCUT2D eigenvalue weighted by molar-refractivity contribution is 0.661. The van der Waals surface area contributed by atoms with Gasteiger partial charge in [0.15, 0.2) is 0 Å². The molecule has 0 saturated heterocycles. The first kappa shape index (κ1) is 30.0. The van der Waals surface area contributed by atoms with E-state index in [0.29, 0.717) is 0 Å². The smallest absolute Gasteiger partial charge is 0.0621 e. The van der Waals surface area contributed by atoms with Crippen LogP contribution in [0.4, 0.5) is 17.1 Å². The normalized spacial score (nSPS) is 13.2. The van der Waals surface area contributed by atoms with Crippen LogP contribution >= 0.6 is 0 Å². The van der Waals surface area contributed by atoms with Gasteiger partial charge in [0.2, 0.25) is 0 Å². The van der Waals surface area contributed by atoms with Gasteiger partial charge in [0, 0.05) is 44.2 Å².